The van der Waals surface area contributed by atoms with Crippen LogP contribution in [0.5, 0.6) is 0 Å². The summed E-state index contributed by atoms with van der Waals surface area (Å²) in [7, 11) is 1.35. The Morgan fingerprint density at radius 2 is 2.35 bits per heavy atom. The van der Waals surface area contributed by atoms with E-state index in [-0.39, 0.29) is 10.9 Å². The number of nitrogens with zero attached hydrogens (tertiary/aromatic N) is 3. The molecular weight excluding hydrogens is 320 g/mol. The van der Waals surface area contributed by atoms with Gasteiger partial charge in [-0.1, -0.05) is 0 Å². The first kappa shape index (κ1) is 15.5. The zero-order valence-electron chi connectivity index (χ0n) is 12.3. The van der Waals surface area contributed by atoms with Crippen LogP contribution in [0.4, 0.5) is 10.7 Å². The lowest BCUT2D eigenvalue weighted by Gasteiger charge is -2.22. The van der Waals surface area contributed by atoms with Crippen LogP contribution in [-0.4, -0.2) is 46.8 Å². The van der Waals surface area contributed by atoms with E-state index in [1.54, 1.807) is 17.2 Å². The highest BCUT2D eigenvalue weighted by atomic mass is 32.2. The van der Waals surface area contributed by atoms with Crippen LogP contribution < -0.4 is 10.2 Å². The molecule has 8 nitrogen and oxygen atoms in total. The number of esters is 1. The highest BCUT2D eigenvalue weighted by Gasteiger charge is 2.33. The van der Waals surface area contributed by atoms with Crippen LogP contribution in [0.3, 0.4) is 0 Å². The van der Waals surface area contributed by atoms with Crippen molar-refractivity contribution in [2.24, 2.45) is 0 Å². The number of hydrogen-bond acceptors (Lipinski definition) is 8. The van der Waals surface area contributed by atoms with E-state index in [9.17, 15) is 14.4 Å². The topological polar surface area (TPSA) is 101 Å². The highest BCUT2D eigenvalue weighted by Crippen LogP contribution is 2.26. The zero-order valence-corrected chi connectivity index (χ0v) is 13.1. The molecule has 9 heteroatoms. The summed E-state index contributed by atoms with van der Waals surface area (Å²) in [6.07, 6.45) is 4.62. The van der Waals surface area contributed by atoms with Crippen LogP contribution >= 0.6 is 11.8 Å². The van der Waals surface area contributed by atoms with Crippen molar-refractivity contribution >= 4 is 40.9 Å². The molecule has 2 fully saturated rings. The predicted molar refractivity (Wildman–Crippen MR) is 83.5 cm³/mol. The molecule has 2 amide bonds. The SMILES string of the molecule is COC(=O)C1CCCN1c1nccc(C=C2SC(=O)NC2=O)n1. The van der Waals surface area contributed by atoms with Gasteiger partial charge in [0.2, 0.25) is 5.95 Å². The molecule has 3 rings (SSSR count). The normalized spacial score (nSPS) is 22.6. The molecule has 2 aliphatic heterocycles. The van der Waals surface area contributed by atoms with Gasteiger partial charge in [-0.3, -0.25) is 14.9 Å². The first-order valence-electron chi connectivity index (χ1n) is 7.01. The number of ether oxygens (including phenoxy) is 1. The summed E-state index contributed by atoms with van der Waals surface area (Å²) in [4.78, 5) is 45.2. The molecule has 1 aromatic rings. The van der Waals surface area contributed by atoms with E-state index in [0.717, 1.165) is 18.2 Å². The third kappa shape index (κ3) is 3.19. The van der Waals surface area contributed by atoms with Crippen LogP contribution in [-0.2, 0) is 14.3 Å². The lowest BCUT2D eigenvalue weighted by Crippen LogP contribution is -2.38. The van der Waals surface area contributed by atoms with Crippen LogP contribution in [0.2, 0.25) is 0 Å². The molecule has 1 aromatic heterocycles. The standard InChI is InChI=1S/C14H14N4O4S/c1-22-12(20)9-3-2-6-18(9)13-15-5-4-8(16-13)7-10-11(19)17-14(21)23-10/h4-5,7,9H,2-3,6H2,1H3,(H,17,19,21). The third-order valence-electron chi connectivity index (χ3n) is 3.57. The Morgan fingerprint density at radius 3 is 3.04 bits per heavy atom. The Balaban J connectivity index is 1.85. The van der Waals surface area contributed by atoms with Crippen molar-refractivity contribution in [2.75, 3.05) is 18.6 Å². The fourth-order valence-corrected chi connectivity index (χ4v) is 3.19. The van der Waals surface area contributed by atoms with Gasteiger partial charge in [0, 0.05) is 12.7 Å². The number of imide groups is 1. The van der Waals surface area contributed by atoms with Gasteiger partial charge in [-0.05, 0) is 36.7 Å². The Hall–Kier alpha value is -2.42. The summed E-state index contributed by atoms with van der Waals surface area (Å²) >= 11 is 0.829. The molecule has 1 unspecified atom stereocenters. The van der Waals surface area contributed by atoms with Crippen molar-refractivity contribution < 1.29 is 19.1 Å². The number of anilines is 1. The number of rotatable bonds is 3. The van der Waals surface area contributed by atoms with Crippen LogP contribution in [0.1, 0.15) is 18.5 Å². The molecule has 23 heavy (non-hydrogen) atoms. The Kier molecular flexibility index (Phi) is 4.28. The van der Waals surface area contributed by atoms with E-state index in [1.807, 2.05) is 0 Å². The maximum Gasteiger partial charge on any atom is 0.328 e. The fraction of sp³-hybridized carbons (Fsp3) is 0.357. The largest absolute Gasteiger partial charge is 0.467 e. The van der Waals surface area contributed by atoms with E-state index >= 15 is 0 Å². The molecule has 0 saturated carbocycles. The molecule has 0 spiro atoms. The first-order chi connectivity index (χ1) is 11.1. The Labute approximate surface area is 136 Å². The average Bonchev–Trinajstić information content (AvgIpc) is 3.14. The zero-order chi connectivity index (χ0) is 16.4. The van der Waals surface area contributed by atoms with Gasteiger partial charge in [-0.2, -0.15) is 0 Å². The predicted octanol–water partition coefficient (Wildman–Crippen LogP) is 0.942. The third-order valence-corrected chi connectivity index (χ3v) is 4.38. The van der Waals surface area contributed by atoms with Gasteiger partial charge < -0.3 is 9.64 Å². The molecule has 0 aromatic carbocycles. The molecule has 0 aliphatic carbocycles. The van der Waals surface area contributed by atoms with Gasteiger partial charge in [-0.25, -0.2) is 14.8 Å². The number of thioether (sulfide) groups is 1. The number of carbonyl (C=O) groups excluding carboxylic acids is 3. The van der Waals surface area contributed by atoms with E-state index in [0.29, 0.717) is 24.6 Å². The molecule has 2 aliphatic rings. The first-order valence-corrected chi connectivity index (χ1v) is 7.82. The highest BCUT2D eigenvalue weighted by molar-refractivity contribution is 8.18. The number of methoxy groups -OCH3 is 1. The molecule has 3 heterocycles. The molecule has 0 radical (unpaired) electrons. The molecule has 1 N–H and O–H groups in total. The van der Waals surface area contributed by atoms with E-state index < -0.39 is 17.2 Å². The summed E-state index contributed by atoms with van der Waals surface area (Å²) < 4.78 is 4.81. The quantitative estimate of drug-likeness (QED) is 0.644. The van der Waals surface area contributed by atoms with E-state index in [2.05, 4.69) is 15.3 Å². The van der Waals surface area contributed by atoms with Gasteiger partial charge in [0.05, 0.1) is 17.7 Å². The lowest BCUT2D eigenvalue weighted by molar-refractivity contribution is -0.142. The van der Waals surface area contributed by atoms with Crippen molar-refractivity contribution in [3.63, 3.8) is 0 Å². The van der Waals surface area contributed by atoms with Gasteiger partial charge in [0.1, 0.15) is 6.04 Å². The van der Waals surface area contributed by atoms with Crippen molar-refractivity contribution in [2.45, 2.75) is 18.9 Å². The maximum absolute atomic E-state index is 11.8. The van der Waals surface area contributed by atoms with Gasteiger partial charge in [-0.15, -0.1) is 0 Å². The number of carbonyl (C=O) groups is 3. The summed E-state index contributed by atoms with van der Waals surface area (Å²) in [5.74, 6) is -0.345. The minimum atomic E-state index is -0.436. The second-order valence-corrected chi connectivity index (χ2v) is 6.02. The number of amides is 2. The molecule has 2 saturated heterocycles. The lowest BCUT2D eigenvalue weighted by atomic mass is 10.2. The molecule has 0 bridgehead atoms. The summed E-state index contributed by atoms with van der Waals surface area (Å²) in [6.45, 7) is 0.660. The van der Waals surface area contributed by atoms with E-state index in [4.69, 9.17) is 4.74 Å². The molecule has 120 valence electrons. The Bertz CT molecular complexity index is 706. The molecule has 1 atom stereocenters. The van der Waals surface area contributed by atoms with Gasteiger partial charge >= 0.3 is 5.97 Å². The molecular formula is C14H14N4O4S. The summed E-state index contributed by atoms with van der Waals surface area (Å²) in [5, 5.41) is 1.79. The number of nitrogens with one attached hydrogen (secondary N) is 1. The second-order valence-electron chi connectivity index (χ2n) is 5.01. The van der Waals surface area contributed by atoms with Crippen LogP contribution in [0.15, 0.2) is 17.2 Å². The van der Waals surface area contributed by atoms with Crippen molar-refractivity contribution in [1.29, 1.82) is 0 Å². The number of aromatic nitrogens is 2. The summed E-state index contributed by atoms with van der Waals surface area (Å²) in [6, 6.07) is 1.24. The van der Waals surface area contributed by atoms with Crippen molar-refractivity contribution in [1.82, 2.24) is 15.3 Å². The summed E-state index contributed by atoms with van der Waals surface area (Å²) in [5.41, 5.74) is 0.498. The van der Waals surface area contributed by atoms with Crippen molar-refractivity contribution in [3.05, 3.63) is 22.9 Å². The maximum atomic E-state index is 11.8. The smallest absolute Gasteiger partial charge is 0.328 e. The minimum absolute atomic E-state index is 0.283. The second kappa shape index (κ2) is 6.37. The Morgan fingerprint density at radius 1 is 1.52 bits per heavy atom. The monoisotopic (exact) mass is 334 g/mol. The van der Waals surface area contributed by atoms with E-state index in [1.165, 1.54) is 13.2 Å². The van der Waals surface area contributed by atoms with Crippen LogP contribution in [0.25, 0.3) is 6.08 Å². The average molecular weight is 334 g/mol. The van der Waals surface area contributed by atoms with Gasteiger partial charge in [0.15, 0.2) is 0 Å². The van der Waals surface area contributed by atoms with Gasteiger partial charge in [0.25, 0.3) is 11.1 Å². The minimum Gasteiger partial charge on any atom is -0.467 e. The fourth-order valence-electron chi connectivity index (χ4n) is 2.52. The van der Waals surface area contributed by atoms with Crippen LogP contribution in [0, 0.1) is 0 Å². The number of hydrogen-bond donors (Lipinski definition) is 1. The van der Waals surface area contributed by atoms with Crippen molar-refractivity contribution in [3.8, 4) is 0 Å².